The molecular weight excluding hydrogens is 332 g/mol. The smallest absolute Gasteiger partial charge is 0.231 e. The summed E-state index contributed by atoms with van der Waals surface area (Å²) in [4.78, 5) is 19.9. The largest absolute Gasteiger partial charge is 0.503 e. The monoisotopic (exact) mass is 348 g/mol. The molecule has 2 N–H and O–H groups in total. The van der Waals surface area contributed by atoms with Gasteiger partial charge in [0.25, 0.3) is 0 Å². The Balaban J connectivity index is 2.03. The highest BCUT2D eigenvalue weighted by Crippen LogP contribution is 2.35. The number of ether oxygens (including phenoxy) is 1. The van der Waals surface area contributed by atoms with Gasteiger partial charge in [-0.15, -0.1) is 0 Å². The molecule has 0 aliphatic heterocycles. The molecule has 0 fully saturated rings. The van der Waals surface area contributed by atoms with Crippen LogP contribution in [0.5, 0.6) is 11.5 Å². The van der Waals surface area contributed by atoms with Crippen molar-refractivity contribution in [2.24, 2.45) is 0 Å². The van der Waals surface area contributed by atoms with Crippen molar-refractivity contribution in [1.82, 2.24) is 9.97 Å². The Kier molecular flexibility index (Phi) is 3.73. The van der Waals surface area contributed by atoms with Crippen molar-refractivity contribution in [3.63, 3.8) is 0 Å². The first-order chi connectivity index (χ1) is 12.6. The second kappa shape index (κ2) is 6.07. The lowest BCUT2D eigenvalue weighted by Gasteiger charge is -2.12. The number of pyridine rings is 1. The van der Waals surface area contributed by atoms with E-state index >= 15 is 0 Å². The van der Waals surface area contributed by atoms with Crippen molar-refractivity contribution in [2.45, 2.75) is 6.92 Å². The first-order valence-corrected chi connectivity index (χ1v) is 8.02. The minimum Gasteiger partial charge on any atom is -0.503 e. The Morgan fingerprint density at radius 2 is 2.00 bits per heavy atom. The number of aromatic hydroxyl groups is 1. The topological polar surface area (TPSA) is 88.4 Å². The van der Waals surface area contributed by atoms with Crippen LogP contribution in [0, 0.1) is 6.92 Å². The van der Waals surface area contributed by atoms with Gasteiger partial charge in [-0.3, -0.25) is 4.79 Å². The molecule has 2 aromatic carbocycles. The maximum atomic E-state index is 12.8. The van der Waals surface area contributed by atoms with Gasteiger partial charge in [-0.05, 0) is 18.6 Å². The van der Waals surface area contributed by atoms with E-state index in [-0.39, 0.29) is 5.75 Å². The quantitative estimate of drug-likeness (QED) is 0.587. The number of H-pyrrole nitrogens is 1. The minimum absolute atomic E-state index is 0.319. The summed E-state index contributed by atoms with van der Waals surface area (Å²) in [6, 6.07) is 10.9. The number of aromatic nitrogens is 2. The normalized spacial score (nSPS) is 11.0. The molecule has 2 aromatic heterocycles. The molecule has 0 spiro atoms. The lowest BCUT2D eigenvalue weighted by Crippen LogP contribution is -2.06. The van der Waals surface area contributed by atoms with Crippen LogP contribution in [-0.4, -0.2) is 22.2 Å². The molecule has 0 radical (unpaired) electrons. The molecule has 0 atom stereocenters. The summed E-state index contributed by atoms with van der Waals surface area (Å²) in [6.45, 7) is 1.92. The highest BCUT2D eigenvalue weighted by Gasteiger charge is 2.18. The number of fused-ring (bicyclic) bond motifs is 1. The number of methoxy groups -OCH3 is 1. The fourth-order valence-electron chi connectivity index (χ4n) is 3.06. The third-order valence-electron chi connectivity index (χ3n) is 4.41. The van der Waals surface area contributed by atoms with Crippen LogP contribution < -0.4 is 10.2 Å². The Labute approximate surface area is 148 Å². The molecule has 130 valence electrons. The number of oxazole rings is 1. The average Bonchev–Trinajstić information content (AvgIpc) is 3.19. The van der Waals surface area contributed by atoms with Crippen molar-refractivity contribution in [3.8, 4) is 34.1 Å². The number of benzene rings is 2. The predicted molar refractivity (Wildman–Crippen MR) is 98.5 cm³/mol. The molecule has 6 heteroatoms. The number of nitrogens with zero attached hydrogens (tertiary/aromatic N) is 1. The Bertz CT molecular complexity index is 1160. The van der Waals surface area contributed by atoms with Crippen LogP contribution in [-0.2, 0) is 0 Å². The Morgan fingerprint density at radius 3 is 2.69 bits per heavy atom. The van der Waals surface area contributed by atoms with Crippen molar-refractivity contribution < 1.29 is 14.3 Å². The summed E-state index contributed by atoms with van der Waals surface area (Å²) in [7, 11) is 1.54. The van der Waals surface area contributed by atoms with Gasteiger partial charge in [-0.1, -0.05) is 24.3 Å². The van der Waals surface area contributed by atoms with Crippen LogP contribution in [0.25, 0.3) is 33.5 Å². The number of aromatic amines is 1. The molecule has 0 aliphatic carbocycles. The molecule has 0 amide bonds. The first-order valence-electron chi connectivity index (χ1n) is 8.02. The van der Waals surface area contributed by atoms with Crippen molar-refractivity contribution >= 4 is 10.9 Å². The molecule has 0 aliphatic rings. The molecule has 0 saturated carbocycles. The van der Waals surface area contributed by atoms with Crippen LogP contribution in [0.4, 0.5) is 0 Å². The summed E-state index contributed by atoms with van der Waals surface area (Å²) in [5.41, 5.74) is 2.79. The molecule has 0 saturated heterocycles. The van der Waals surface area contributed by atoms with E-state index in [1.165, 1.54) is 6.39 Å². The zero-order chi connectivity index (χ0) is 18.3. The fraction of sp³-hybridized carbons (Fsp3) is 0.100. The van der Waals surface area contributed by atoms with Gasteiger partial charge >= 0.3 is 0 Å². The molecule has 26 heavy (non-hydrogen) atoms. The van der Waals surface area contributed by atoms with Crippen molar-refractivity contribution in [3.05, 3.63) is 64.8 Å². The summed E-state index contributed by atoms with van der Waals surface area (Å²) in [5, 5.41) is 10.9. The van der Waals surface area contributed by atoms with Crippen molar-refractivity contribution in [2.75, 3.05) is 7.11 Å². The Hall–Kier alpha value is -3.54. The van der Waals surface area contributed by atoms with Gasteiger partial charge < -0.3 is 19.2 Å². The van der Waals surface area contributed by atoms with Crippen LogP contribution >= 0.6 is 0 Å². The SMILES string of the molecule is COc1cc2[nH]c(-c3ccccc3C)c(O)c(=O)c2cc1-c1cnco1. The maximum absolute atomic E-state index is 12.8. The van der Waals surface area contributed by atoms with Crippen LogP contribution in [0.15, 0.2) is 58.2 Å². The third-order valence-corrected chi connectivity index (χ3v) is 4.41. The summed E-state index contributed by atoms with van der Waals surface area (Å²) in [6.07, 6.45) is 2.85. The highest BCUT2D eigenvalue weighted by molar-refractivity contribution is 5.90. The highest BCUT2D eigenvalue weighted by atomic mass is 16.5. The lowest BCUT2D eigenvalue weighted by atomic mass is 10.0. The summed E-state index contributed by atoms with van der Waals surface area (Å²) < 4.78 is 10.8. The van der Waals surface area contributed by atoms with Crippen LogP contribution in [0.3, 0.4) is 0 Å². The number of nitrogens with one attached hydrogen (secondary N) is 1. The second-order valence-corrected chi connectivity index (χ2v) is 5.96. The van der Waals surface area contributed by atoms with Gasteiger partial charge in [0, 0.05) is 11.6 Å². The van der Waals surface area contributed by atoms with E-state index in [0.29, 0.717) is 33.7 Å². The first kappa shape index (κ1) is 16.0. The summed E-state index contributed by atoms with van der Waals surface area (Å²) in [5.74, 6) is 0.692. The van der Waals surface area contributed by atoms with Crippen LogP contribution in [0.1, 0.15) is 5.56 Å². The van der Waals surface area contributed by atoms with Crippen LogP contribution in [0.2, 0.25) is 0 Å². The number of rotatable bonds is 3. The van der Waals surface area contributed by atoms with Gasteiger partial charge in [0.2, 0.25) is 5.43 Å². The maximum Gasteiger partial charge on any atom is 0.231 e. The third kappa shape index (κ3) is 2.43. The molecule has 2 heterocycles. The van der Waals surface area contributed by atoms with Gasteiger partial charge in [-0.2, -0.15) is 0 Å². The molecule has 0 bridgehead atoms. The van der Waals surface area contributed by atoms with Gasteiger partial charge in [0.1, 0.15) is 5.75 Å². The van der Waals surface area contributed by atoms with E-state index in [1.807, 2.05) is 31.2 Å². The zero-order valence-electron chi connectivity index (χ0n) is 14.2. The predicted octanol–water partition coefficient (Wildman–Crippen LogP) is 3.87. The molecule has 4 rings (SSSR count). The van der Waals surface area contributed by atoms with E-state index in [9.17, 15) is 9.90 Å². The van der Waals surface area contributed by atoms with Gasteiger partial charge in [0.05, 0.1) is 35.5 Å². The standard InChI is InChI=1S/C20H16N2O4/c1-11-5-3-4-6-12(11)18-20(24)19(23)13-7-14(17-9-21-10-26-17)16(25-2)8-15(13)22-18/h3-10,24H,1-2H3,(H,22,23). The number of hydrogen-bond acceptors (Lipinski definition) is 5. The average molecular weight is 348 g/mol. The number of hydrogen-bond donors (Lipinski definition) is 2. The van der Waals surface area contributed by atoms with E-state index in [0.717, 1.165) is 11.1 Å². The zero-order valence-corrected chi connectivity index (χ0v) is 14.2. The van der Waals surface area contributed by atoms with Gasteiger partial charge in [0.15, 0.2) is 17.9 Å². The number of aryl methyl sites for hydroxylation is 1. The lowest BCUT2D eigenvalue weighted by molar-refractivity contribution is 0.415. The second-order valence-electron chi connectivity index (χ2n) is 5.96. The molecular formula is C20H16N2O4. The van der Waals surface area contributed by atoms with E-state index in [4.69, 9.17) is 9.15 Å². The summed E-state index contributed by atoms with van der Waals surface area (Å²) >= 11 is 0. The fourth-order valence-corrected chi connectivity index (χ4v) is 3.06. The minimum atomic E-state index is -0.458. The Morgan fingerprint density at radius 1 is 1.19 bits per heavy atom. The van der Waals surface area contributed by atoms with E-state index in [1.54, 1.807) is 25.4 Å². The van der Waals surface area contributed by atoms with Crippen molar-refractivity contribution in [1.29, 1.82) is 0 Å². The molecule has 6 nitrogen and oxygen atoms in total. The van der Waals surface area contributed by atoms with E-state index in [2.05, 4.69) is 9.97 Å². The molecule has 4 aromatic rings. The molecule has 0 unspecified atom stereocenters. The van der Waals surface area contributed by atoms with E-state index < -0.39 is 5.43 Å². The van der Waals surface area contributed by atoms with Gasteiger partial charge in [-0.25, -0.2) is 4.98 Å².